The first-order chi connectivity index (χ1) is 8.74. The Hall–Kier alpha value is -2.10. The summed E-state index contributed by atoms with van der Waals surface area (Å²) in [6.07, 6.45) is 1.75. The molecule has 0 spiro atoms. The maximum absolute atomic E-state index is 13.2. The second kappa shape index (κ2) is 4.29. The van der Waals surface area contributed by atoms with Gasteiger partial charge in [0.1, 0.15) is 12.4 Å². The molecule has 0 amide bonds. The van der Waals surface area contributed by atoms with E-state index in [9.17, 15) is 4.39 Å². The number of ether oxygens (including phenoxy) is 1. The molecule has 4 heteroatoms. The minimum atomic E-state index is -0.247. The number of nitrogens with zero attached hydrogens (tertiary/aromatic N) is 2. The predicted molar refractivity (Wildman–Crippen MR) is 68.4 cm³/mol. The summed E-state index contributed by atoms with van der Waals surface area (Å²) in [5.41, 5.74) is 1.67. The number of hydrogen-bond donors (Lipinski definition) is 0. The number of fused-ring (bicyclic) bond motifs is 1. The molecule has 2 aromatic rings. The molecule has 92 valence electrons. The highest BCUT2D eigenvalue weighted by atomic mass is 19.1. The van der Waals surface area contributed by atoms with E-state index in [0.29, 0.717) is 6.61 Å². The number of anilines is 1. The largest absolute Gasteiger partial charge is 0.488 e. The van der Waals surface area contributed by atoms with E-state index in [-0.39, 0.29) is 5.82 Å². The maximum Gasteiger partial charge on any atom is 0.171 e. The molecule has 1 aromatic heterocycles. The van der Waals surface area contributed by atoms with Crippen LogP contribution < -0.4 is 9.64 Å². The van der Waals surface area contributed by atoms with Crippen LogP contribution >= 0.6 is 0 Å². The van der Waals surface area contributed by atoms with Crippen molar-refractivity contribution < 1.29 is 9.13 Å². The highest BCUT2D eigenvalue weighted by molar-refractivity contribution is 5.68. The van der Waals surface area contributed by atoms with Crippen LogP contribution in [-0.4, -0.2) is 25.2 Å². The van der Waals surface area contributed by atoms with Gasteiger partial charge in [-0.15, -0.1) is 0 Å². The summed E-state index contributed by atoms with van der Waals surface area (Å²) in [7, 11) is 1.98. The second-order valence-electron chi connectivity index (χ2n) is 4.33. The molecule has 0 radical (unpaired) electrons. The van der Waals surface area contributed by atoms with Crippen LogP contribution in [0.25, 0.3) is 11.1 Å². The molecule has 18 heavy (non-hydrogen) atoms. The van der Waals surface area contributed by atoms with Gasteiger partial charge in [-0.2, -0.15) is 0 Å². The third-order valence-electron chi connectivity index (χ3n) is 3.04. The fourth-order valence-corrected chi connectivity index (χ4v) is 2.05. The molecule has 0 saturated heterocycles. The average Bonchev–Trinajstić information content (AvgIpc) is 2.39. The fourth-order valence-electron chi connectivity index (χ4n) is 2.05. The molecular formula is C14H13FN2O. The first-order valence-corrected chi connectivity index (χ1v) is 5.84. The van der Waals surface area contributed by atoms with Crippen LogP contribution in [0.5, 0.6) is 5.75 Å². The van der Waals surface area contributed by atoms with Crippen molar-refractivity contribution in [2.45, 2.75) is 0 Å². The van der Waals surface area contributed by atoms with Crippen molar-refractivity contribution in [1.82, 2.24) is 4.98 Å². The van der Waals surface area contributed by atoms with Crippen LogP contribution in [0.1, 0.15) is 0 Å². The molecular weight excluding hydrogens is 231 g/mol. The van der Waals surface area contributed by atoms with Gasteiger partial charge in [-0.25, -0.2) is 9.37 Å². The number of aromatic nitrogens is 1. The summed E-state index contributed by atoms with van der Waals surface area (Å²) in [5, 5.41) is 0. The SMILES string of the molecule is CN1CCOc2cc(-c3cccc(F)c3)cnc21. The Morgan fingerprint density at radius 1 is 1.28 bits per heavy atom. The molecule has 0 aliphatic carbocycles. The van der Waals surface area contributed by atoms with Gasteiger partial charge in [0.2, 0.25) is 0 Å². The van der Waals surface area contributed by atoms with Crippen LogP contribution in [0.3, 0.4) is 0 Å². The van der Waals surface area contributed by atoms with Gasteiger partial charge in [0.25, 0.3) is 0 Å². The Morgan fingerprint density at radius 2 is 2.17 bits per heavy atom. The summed E-state index contributed by atoms with van der Waals surface area (Å²) in [5.74, 6) is 1.34. The van der Waals surface area contributed by atoms with E-state index in [1.807, 2.05) is 24.1 Å². The lowest BCUT2D eigenvalue weighted by Gasteiger charge is -2.26. The van der Waals surface area contributed by atoms with E-state index in [4.69, 9.17) is 4.74 Å². The summed E-state index contributed by atoms with van der Waals surface area (Å²) in [4.78, 5) is 6.43. The lowest BCUT2D eigenvalue weighted by Crippen LogP contribution is -2.29. The minimum absolute atomic E-state index is 0.247. The van der Waals surface area contributed by atoms with Crippen LogP contribution in [0, 0.1) is 5.82 Å². The molecule has 0 unspecified atom stereocenters. The number of pyridine rings is 1. The van der Waals surface area contributed by atoms with E-state index in [0.717, 1.165) is 29.2 Å². The van der Waals surface area contributed by atoms with Crippen molar-refractivity contribution in [1.29, 1.82) is 0 Å². The first-order valence-electron chi connectivity index (χ1n) is 5.84. The molecule has 0 fully saturated rings. The quantitative estimate of drug-likeness (QED) is 0.771. The number of likely N-dealkylation sites (N-methyl/N-ethyl adjacent to an activating group) is 1. The molecule has 0 atom stereocenters. The van der Waals surface area contributed by atoms with E-state index in [2.05, 4.69) is 4.98 Å². The van der Waals surface area contributed by atoms with Crippen LogP contribution in [0.15, 0.2) is 36.5 Å². The topological polar surface area (TPSA) is 25.4 Å². The summed E-state index contributed by atoms with van der Waals surface area (Å²) in [6.45, 7) is 1.48. The molecule has 1 aliphatic heterocycles. The van der Waals surface area contributed by atoms with E-state index < -0.39 is 0 Å². The van der Waals surface area contributed by atoms with Gasteiger partial charge < -0.3 is 9.64 Å². The molecule has 0 saturated carbocycles. The Morgan fingerprint density at radius 3 is 3.00 bits per heavy atom. The normalized spacial score (nSPS) is 14.0. The van der Waals surface area contributed by atoms with Gasteiger partial charge in [-0.3, -0.25) is 0 Å². The molecule has 3 nitrogen and oxygen atoms in total. The van der Waals surface area contributed by atoms with Gasteiger partial charge in [0.05, 0.1) is 6.54 Å². The standard InChI is InChI=1S/C14H13FN2O/c1-17-5-6-18-13-8-11(9-16-14(13)17)10-3-2-4-12(15)7-10/h2-4,7-9H,5-6H2,1H3. The van der Waals surface area contributed by atoms with Crippen molar-refractivity contribution >= 4 is 5.82 Å². The number of halogens is 1. The lowest BCUT2D eigenvalue weighted by molar-refractivity contribution is 0.309. The summed E-state index contributed by atoms with van der Waals surface area (Å²) in [6, 6.07) is 8.39. The highest BCUT2D eigenvalue weighted by Gasteiger charge is 2.16. The molecule has 0 bridgehead atoms. The van der Waals surface area contributed by atoms with Crippen molar-refractivity contribution in [3.05, 3.63) is 42.3 Å². The number of rotatable bonds is 1. The Bertz CT molecular complexity index is 586. The van der Waals surface area contributed by atoms with E-state index >= 15 is 0 Å². The minimum Gasteiger partial charge on any atom is -0.488 e. The van der Waals surface area contributed by atoms with Crippen molar-refractivity contribution in [2.24, 2.45) is 0 Å². The van der Waals surface area contributed by atoms with Crippen LogP contribution in [-0.2, 0) is 0 Å². The average molecular weight is 244 g/mol. The summed E-state index contributed by atoms with van der Waals surface area (Å²) >= 11 is 0. The van der Waals surface area contributed by atoms with E-state index in [1.54, 1.807) is 12.3 Å². The maximum atomic E-state index is 13.2. The van der Waals surface area contributed by atoms with Gasteiger partial charge >= 0.3 is 0 Å². The van der Waals surface area contributed by atoms with Crippen molar-refractivity contribution in [2.75, 3.05) is 25.1 Å². The third kappa shape index (κ3) is 1.90. The van der Waals surface area contributed by atoms with Gasteiger partial charge in [-0.05, 0) is 23.8 Å². The zero-order chi connectivity index (χ0) is 12.5. The van der Waals surface area contributed by atoms with Crippen molar-refractivity contribution in [3.8, 4) is 16.9 Å². The van der Waals surface area contributed by atoms with Gasteiger partial charge in [0, 0.05) is 18.8 Å². The fraction of sp³-hybridized carbons (Fsp3) is 0.214. The smallest absolute Gasteiger partial charge is 0.171 e. The molecule has 3 rings (SSSR count). The zero-order valence-corrected chi connectivity index (χ0v) is 10.1. The Balaban J connectivity index is 2.04. The molecule has 1 aliphatic rings. The second-order valence-corrected chi connectivity index (χ2v) is 4.33. The third-order valence-corrected chi connectivity index (χ3v) is 3.04. The Kier molecular flexibility index (Phi) is 2.63. The van der Waals surface area contributed by atoms with Crippen LogP contribution in [0.4, 0.5) is 10.2 Å². The predicted octanol–water partition coefficient (Wildman–Crippen LogP) is 2.72. The monoisotopic (exact) mass is 244 g/mol. The van der Waals surface area contributed by atoms with Gasteiger partial charge in [-0.1, -0.05) is 12.1 Å². The molecule has 1 aromatic carbocycles. The number of hydrogen-bond acceptors (Lipinski definition) is 3. The summed E-state index contributed by atoms with van der Waals surface area (Å²) < 4.78 is 18.8. The number of benzene rings is 1. The van der Waals surface area contributed by atoms with Crippen molar-refractivity contribution in [3.63, 3.8) is 0 Å². The van der Waals surface area contributed by atoms with Crippen LogP contribution in [0.2, 0.25) is 0 Å². The first kappa shape index (κ1) is 11.0. The molecule has 0 N–H and O–H groups in total. The van der Waals surface area contributed by atoms with Gasteiger partial charge in [0.15, 0.2) is 11.6 Å². The zero-order valence-electron chi connectivity index (χ0n) is 10.1. The highest BCUT2D eigenvalue weighted by Crippen LogP contribution is 2.32. The van der Waals surface area contributed by atoms with E-state index in [1.165, 1.54) is 12.1 Å². The lowest BCUT2D eigenvalue weighted by atomic mass is 10.1. The Labute approximate surface area is 105 Å². The molecule has 2 heterocycles.